The molecular formula is C28H45ClN4O3. The fourth-order valence-electron chi connectivity index (χ4n) is 7.55. The van der Waals surface area contributed by atoms with Gasteiger partial charge in [-0.05, 0) is 69.6 Å². The highest BCUT2D eigenvalue weighted by molar-refractivity contribution is 6.20. The summed E-state index contributed by atoms with van der Waals surface area (Å²) in [6.07, 6.45) is 16.0. The molecule has 5 rings (SSSR count). The van der Waals surface area contributed by atoms with Crippen molar-refractivity contribution >= 4 is 23.5 Å². The maximum atomic E-state index is 14.3. The van der Waals surface area contributed by atoms with Gasteiger partial charge in [0.2, 0.25) is 5.91 Å². The molecule has 5 aliphatic rings. The number of allylic oxidation sites excluding steroid dienone is 1. The van der Waals surface area contributed by atoms with Gasteiger partial charge in [-0.2, -0.15) is 0 Å². The van der Waals surface area contributed by atoms with Crippen LogP contribution in [0, 0.1) is 17.8 Å². The van der Waals surface area contributed by atoms with Crippen LogP contribution in [-0.2, 0) is 9.53 Å². The van der Waals surface area contributed by atoms with Crippen LogP contribution >= 0.6 is 11.6 Å². The van der Waals surface area contributed by atoms with Crippen LogP contribution in [0.3, 0.4) is 0 Å². The van der Waals surface area contributed by atoms with Gasteiger partial charge in [-0.1, -0.05) is 26.2 Å². The van der Waals surface area contributed by atoms with Crippen molar-refractivity contribution in [2.75, 3.05) is 26.7 Å². The normalized spacial score (nSPS) is 38.1. The van der Waals surface area contributed by atoms with Gasteiger partial charge in [-0.15, -0.1) is 11.6 Å². The van der Waals surface area contributed by atoms with Gasteiger partial charge in [-0.25, -0.2) is 4.79 Å². The van der Waals surface area contributed by atoms with E-state index < -0.39 is 0 Å². The number of piperazine rings is 1. The van der Waals surface area contributed by atoms with Crippen molar-refractivity contribution in [2.24, 2.45) is 17.8 Å². The number of carbonyl (C=O) groups is 2. The molecule has 0 aromatic rings. The zero-order chi connectivity index (χ0) is 25.2. The monoisotopic (exact) mass is 520 g/mol. The molecule has 4 fully saturated rings. The number of hydrogen-bond donors (Lipinski definition) is 1. The highest BCUT2D eigenvalue weighted by atomic mass is 35.5. The maximum absolute atomic E-state index is 14.3. The fraction of sp³-hybridized carbons (Fsp3) is 0.857. The molecule has 0 aromatic heterocycles. The van der Waals surface area contributed by atoms with Crippen molar-refractivity contribution in [3.8, 4) is 0 Å². The van der Waals surface area contributed by atoms with Crippen LogP contribution in [0.5, 0.6) is 0 Å². The smallest absolute Gasteiger partial charge is 0.326 e. The Labute approximate surface area is 221 Å². The quantitative estimate of drug-likeness (QED) is 0.535. The first kappa shape index (κ1) is 26.1. The number of carbonyl (C=O) groups excluding carboxylic acids is 2. The van der Waals surface area contributed by atoms with E-state index in [2.05, 4.69) is 28.2 Å². The topological polar surface area (TPSA) is 65.1 Å². The van der Waals surface area contributed by atoms with Gasteiger partial charge in [0.25, 0.3) is 0 Å². The second-order valence-corrected chi connectivity index (χ2v) is 12.6. The summed E-state index contributed by atoms with van der Waals surface area (Å²) in [4.78, 5) is 33.1. The van der Waals surface area contributed by atoms with Crippen LogP contribution in [0.2, 0.25) is 0 Å². The van der Waals surface area contributed by atoms with Gasteiger partial charge in [0.15, 0.2) is 0 Å². The minimum atomic E-state index is -0.0587. The van der Waals surface area contributed by atoms with Crippen molar-refractivity contribution in [3.05, 3.63) is 11.9 Å². The summed E-state index contributed by atoms with van der Waals surface area (Å²) >= 11 is 6.51. The SMILES string of the molecule is COC1CCCC(C2=CN(C3CCC(Cl)CC3)C(C3CCCC(C)C3)N2C(=O)N2CCNC(=O)C2)C1. The van der Waals surface area contributed by atoms with Crippen LogP contribution in [0.15, 0.2) is 11.9 Å². The lowest BCUT2D eigenvalue weighted by Crippen LogP contribution is -2.59. The molecule has 0 aromatic carbocycles. The van der Waals surface area contributed by atoms with Gasteiger partial charge in [0, 0.05) is 49.4 Å². The average Bonchev–Trinajstić information content (AvgIpc) is 3.29. The maximum Gasteiger partial charge on any atom is 0.326 e. The lowest BCUT2D eigenvalue weighted by molar-refractivity contribution is -0.123. The van der Waals surface area contributed by atoms with Crippen molar-refractivity contribution in [2.45, 2.75) is 108 Å². The number of ether oxygens (including phenoxy) is 1. The highest BCUT2D eigenvalue weighted by Crippen LogP contribution is 2.45. The molecule has 0 radical (unpaired) electrons. The van der Waals surface area contributed by atoms with E-state index in [1.807, 2.05) is 7.11 Å². The Morgan fingerprint density at radius 1 is 1.06 bits per heavy atom. The fourth-order valence-corrected chi connectivity index (χ4v) is 7.80. The summed E-state index contributed by atoms with van der Waals surface area (Å²) < 4.78 is 5.80. The molecule has 0 bridgehead atoms. The van der Waals surface area contributed by atoms with Crippen LogP contribution in [0.1, 0.15) is 84.0 Å². The molecule has 2 heterocycles. The molecule has 3 amide bonds. The van der Waals surface area contributed by atoms with Gasteiger partial charge in [0.05, 0.1) is 6.10 Å². The second-order valence-electron chi connectivity index (χ2n) is 12.0. The minimum absolute atomic E-state index is 0.0207. The first-order chi connectivity index (χ1) is 17.4. The predicted molar refractivity (Wildman–Crippen MR) is 141 cm³/mol. The van der Waals surface area contributed by atoms with Crippen molar-refractivity contribution in [1.82, 2.24) is 20.0 Å². The molecule has 202 valence electrons. The number of urea groups is 1. The molecule has 3 aliphatic carbocycles. The summed E-state index contributed by atoms with van der Waals surface area (Å²) in [6.45, 7) is 3.62. The molecule has 3 saturated carbocycles. The summed E-state index contributed by atoms with van der Waals surface area (Å²) in [6, 6.07) is 0.439. The molecule has 1 N–H and O–H groups in total. The molecule has 2 aliphatic heterocycles. The van der Waals surface area contributed by atoms with E-state index >= 15 is 0 Å². The van der Waals surface area contributed by atoms with Gasteiger partial charge in [0.1, 0.15) is 12.7 Å². The Morgan fingerprint density at radius 3 is 2.56 bits per heavy atom. The molecule has 5 atom stereocenters. The second kappa shape index (κ2) is 11.5. The zero-order valence-corrected chi connectivity index (χ0v) is 22.9. The van der Waals surface area contributed by atoms with Crippen LogP contribution in [-0.4, -0.2) is 77.1 Å². The Hall–Kier alpha value is -1.47. The van der Waals surface area contributed by atoms with Gasteiger partial charge in [-0.3, -0.25) is 9.69 Å². The minimum Gasteiger partial charge on any atom is -0.381 e. The number of halogens is 1. The third-order valence-corrected chi connectivity index (χ3v) is 9.91. The molecule has 8 heteroatoms. The lowest BCUT2D eigenvalue weighted by atomic mass is 9.79. The summed E-state index contributed by atoms with van der Waals surface area (Å²) in [5.74, 6) is 1.37. The summed E-state index contributed by atoms with van der Waals surface area (Å²) in [5, 5.41) is 3.15. The summed E-state index contributed by atoms with van der Waals surface area (Å²) in [5.41, 5.74) is 1.17. The van der Waals surface area contributed by atoms with Crippen molar-refractivity contribution in [1.29, 1.82) is 0 Å². The zero-order valence-electron chi connectivity index (χ0n) is 22.2. The predicted octanol–water partition coefficient (Wildman–Crippen LogP) is 4.90. The number of nitrogens with zero attached hydrogens (tertiary/aromatic N) is 3. The Balaban J connectivity index is 1.50. The van der Waals surface area contributed by atoms with Crippen LogP contribution < -0.4 is 5.32 Å². The third-order valence-electron chi connectivity index (χ3n) is 9.47. The highest BCUT2D eigenvalue weighted by Gasteiger charge is 2.48. The Morgan fingerprint density at radius 2 is 1.83 bits per heavy atom. The van der Waals surface area contributed by atoms with Gasteiger partial charge < -0.3 is 19.9 Å². The average molecular weight is 521 g/mol. The van der Waals surface area contributed by atoms with Crippen LogP contribution in [0.4, 0.5) is 4.79 Å². The molecule has 0 spiro atoms. The largest absolute Gasteiger partial charge is 0.381 e. The van der Waals surface area contributed by atoms with E-state index in [1.54, 1.807) is 4.90 Å². The number of amides is 3. The van der Waals surface area contributed by atoms with Crippen molar-refractivity contribution < 1.29 is 14.3 Å². The molecular weight excluding hydrogens is 476 g/mol. The van der Waals surface area contributed by atoms with Crippen molar-refractivity contribution in [3.63, 3.8) is 0 Å². The third kappa shape index (κ3) is 5.52. The number of nitrogens with one attached hydrogen (secondary N) is 1. The molecule has 36 heavy (non-hydrogen) atoms. The first-order valence-corrected chi connectivity index (χ1v) is 14.9. The molecule has 5 unspecified atom stereocenters. The van der Waals surface area contributed by atoms with Gasteiger partial charge >= 0.3 is 6.03 Å². The van der Waals surface area contributed by atoms with E-state index in [-0.39, 0.29) is 36.1 Å². The standard InChI is InChI=1S/C28H45ClN4O3/c1-19-5-3-7-21(15-19)27-32(23-11-9-22(29)10-12-23)17-25(20-6-4-8-24(16-20)36-2)33(27)28(35)31-14-13-30-26(34)18-31/h17,19-24,27H,3-16,18H2,1-2H3,(H,30,34). The van der Waals surface area contributed by atoms with Crippen LogP contribution in [0.25, 0.3) is 0 Å². The lowest BCUT2D eigenvalue weighted by Gasteiger charge is -2.46. The Kier molecular flexibility index (Phi) is 8.36. The van der Waals surface area contributed by atoms with E-state index in [1.165, 1.54) is 18.5 Å². The van der Waals surface area contributed by atoms with E-state index in [0.717, 1.165) is 64.2 Å². The number of rotatable bonds is 4. The first-order valence-electron chi connectivity index (χ1n) is 14.5. The van der Waals surface area contributed by atoms with E-state index in [4.69, 9.17) is 16.3 Å². The number of alkyl halides is 1. The number of hydrogen-bond acceptors (Lipinski definition) is 4. The number of methoxy groups -OCH3 is 1. The summed E-state index contributed by atoms with van der Waals surface area (Å²) in [7, 11) is 1.81. The molecule has 1 saturated heterocycles. The van der Waals surface area contributed by atoms with E-state index in [9.17, 15) is 9.59 Å². The van der Waals surface area contributed by atoms with E-state index in [0.29, 0.717) is 36.9 Å². The molecule has 7 nitrogen and oxygen atoms in total. The Bertz CT molecular complexity index is 830.